The molecule has 0 aliphatic rings. The van der Waals surface area contributed by atoms with Crippen LogP contribution in [-0.4, -0.2) is 240 Å². The van der Waals surface area contributed by atoms with Gasteiger partial charge in [0.1, 0.15) is 0 Å². The molecule has 0 amide bonds. The summed E-state index contributed by atoms with van der Waals surface area (Å²) in [5.41, 5.74) is 0. The van der Waals surface area contributed by atoms with Crippen LogP contribution in [0.4, 0.5) is 0 Å². The molecular formula is C43H122O22. The number of carbonyl (C=O) groups is 1. The highest BCUT2D eigenvalue weighted by molar-refractivity contribution is 5.79. The van der Waals surface area contributed by atoms with E-state index in [-0.39, 0.29) is 126 Å². The molecule has 22 heteroatoms. The zero-order valence-electron chi connectivity index (χ0n) is 45.6. The molecule has 0 aromatic heterocycles. The molecular weight excluding hydrogens is 868 g/mol. The second kappa shape index (κ2) is 397. The monoisotopic (exact) mass is 991 g/mol. The van der Waals surface area contributed by atoms with Gasteiger partial charge in [0.25, 0.3) is 0 Å². The van der Waals surface area contributed by atoms with E-state index in [1.807, 2.05) is 0 Å². The molecule has 0 radical (unpaired) electrons. The Hall–Kier alpha value is -1.75. The van der Waals surface area contributed by atoms with Gasteiger partial charge in [-0.1, -0.05) is 0 Å². The van der Waals surface area contributed by atoms with Gasteiger partial charge in [-0.05, 0) is 138 Å². The maximum Gasteiger partial charge on any atom is 0.331 e. The van der Waals surface area contributed by atoms with Crippen LogP contribution in [-0.2, 0) is 9.53 Å². The lowest BCUT2D eigenvalue weighted by Gasteiger charge is -1.87. The summed E-state index contributed by atoms with van der Waals surface area (Å²) in [6.07, 6.45) is 2.10. The Morgan fingerprint density at radius 3 is 0.385 bits per heavy atom. The van der Waals surface area contributed by atoms with E-state index in [1.165, 1.54) is 0 Å². The average molecular weight is 991 g/mol. The van der Waals surface area contributed by atoms with E-state index in [0.717, 1.165) is 12.3 Å². The van der Waals surface area contributed by atoms with Crippen LogP contribution in [0.5, 0.6) is 0 Å². The topological polar surface area (TPSA) is 431 Å². The van der Waals surface area contributed by atoms with E-state index in [9.17, 15) is 4.79 Å². The fraction of sp³-hybridized carbons (Fsp3) is 0.930. The number of aliphatic carboxylic acids is 1. The van der Waals surface area contributed by atoms with Crippen molar-refractivity contribution < 1.29 is 112 Å². The Kier molecular flexibility index (Phi) is 801. The van der Waals surface area contributed by atoms with Gasteiger partial charge in [0.2, 0.25) is 0 Å². The number of rotatable bonds is 3. The molecule has 0 unspecified atom stereocenters. The number of hydrogen-bond acceptors (Lipinski definition) is 21. The van der Waals surface area contributed by atoms with Crippen molar-refractivity contribution in [1.82, 2.24) is 0 Å². The molecule has 0 spiro atoms. The summed E-state index contributed by atoms with van der Waals surface area (Å²) in [5.74, 6) is -0.988. The van der Waals surface area contributed by atoms with Gasteiger partial charge >= 0.3 is 5.97 Å². The minimum absolute atomic E-state index is 0.250. The zero-order valence-corrected chi connectivity index (χ0v) is 45.6. The van der Waals surface area contributed by atoms with Crippen molar-refractivity contribution in [3.63, 3.8) is 0 Å². The van der Waals surface area contributed by atoms with Gasteiger partial charge in [-0.3, -0.25) is 0 Å². The van der Waals surface area contributed by atoms with Crippen LogP contribution in [0.1, 0.15) is 138 Å². The Labute approximate surface area is 400 Å². The van der Waals surface area contributed by atoms with Crippen LogP contribution < -0.4 is 0 Å². The number of aliphatic hydroxyl groups excluding tert-OH is 19. The van der Waals surface area contributed by atoms with Crippen LogP contribution >= 0.6 is 0 Å². The first-order valence-corrected chi connectivity index (χ1v) is 21.7. The summed E-state index contributed by atoms with van der Waals surface area (Å²) in [6.45, 7) is 39.0. The number of carboxylic acids is 1. The van der Waals surface area contributed by atoms with E-state index in [1.54, 1.807) is 138 Å². The van der Waals surface area contributed by atoms with Crippen LogP contribution in [0.15, 0.2) is 12.3 Å². The Morgan fingerprint density at radius 1 is 0.262 bits per heavy atom. The SMILES string of the molecule is CCO.CCO.CCO.CCO.CCO.CCO.CCO.CCO.CCO.CCO.CCO.CCO.CCO.CCO.CCO.CCO.CCO.CCO.CCO.CCOC=CC(=O)O. The molecule has 0 aromatic carbocycles. The van der Waals surface area contributed by atoms with Crippen LogP contribution in [0.2, 0.25) is 0 Å². The molecule has 0 rings (SSSR count). The Balaban J connectivity index is -0.0000000184. The first-order valence-electron chi connectivity index (χ1n) is 21.7. The summed E-state index contributed by atoms with van der Waals surface area (Å²) < 4.78 is 4.58. The van der Waals surface area contributed by atoms with Gasteiger partial charge in [-0.2, -0.15) is 0 Å². The second-order valence-electron chi connectivity index (χ2n) is 7.10. The molecule has 0 saturated carbocycles. The van der Waals surface area contributed by atoms with E-state index in [2.05, 4.69) is 4.74 Å². The van der Waals surface area contributed by atoms with Crippen molar-refractivity contribution in [1.29, 1.82) is 0 Å². The number of carboxylic acid groups (broad SMARTS) is 1. The summed E-state index contributed by atoms with van der Waals surface area (Å²) in [7, 11) is 0. The van der Waals surface area contributed by atoms with Gasteiger partial charge < -0.3 is 107 Å². The first kappa shape index (κ1) is 131. The van der Waals surface area contributed by atoms with E-state index < -0.39 is 5.97 Å². The highest BCUT2D eigenvalue weighted by Gasteiger charge is 1.81. The van der Waals surface area contributed by atoms with Crippen molar-refractivity contribution >= 4 is 5.97 Å². The molecule has 0 heterocycles. The smallest absolute Gasteiger partial charge is 0.331 e. The van der Waals surface area contributed by atoms with Gasteiger partial charge in [-0.25, -0.2) is 4.79 Å². The molecule has 20 N–H and O–H groups in total. The van der Waals surface area contributed by atoms with Crippen molar-refractivity contribution in [2.24, 2.45) is 0 Å². The number of hydrogen-bond donors (Lipinski definition) is 20. The standard InChI is InChI=1S/C5H8O3.19C2H6O/c1-2-8-4-3-5(6)7;19*1-2-3/h3-4H,2H2,1H3,(H,6,7);19*3H,2H2,1H3. The lowest BCUT2D eigenvalue weighted by Crippen LogP contribution is -1.87. The fourth-order valence-electron chi connectivity index (χ4n) is 0.203. The zero-order chi connectivity index (χ0) is 57.8. The number of aliphatic hydroxyl groups is 19. The third kappa shape index (κ3) is 21400. The van der Waals surface area contributed by atoms with Crippen molar-refractivity contribution in [3.8, 4) is 0 Å². The molecule has 0 bridgehead atoms. The Morgan fingerprint density at radius 2 is 0.338 bits per heavy atom. The van der Waals surface area contributed by atoms with E-state index >= 15 is 0 Å². The van der Waals surface area contributed by atoms with Crippen molar-refractivity contribution in [2.75, 3.05) is 132 Å². The largest absolute Gasteiger partial charge is 0.501 e. The maximum atomic E-state index is 9.71. The van der Waals surface area contributed by atoms with Crippen LogP contribution in [0, 0.1) is 0 Å². The minimum atomic E-state index is -0.988. The predicted molar refractivity (Wildman–Crippen MR) is 271 cm³/mol. The highest BCUT2D eigenvalue weighted by Crippen LogP contribution is 1.74. The summed E-state index contributed by atoms with van der Waals surface area (Å²) in [6, 6.07) is 0. The predicted octanol–water partition coefficient (Wildman–Crippen LogP) is 0.595. The summed E-state index contributed by atoms with van der Waals surface area (Å²) >= 11 is 0. The molecule has 0 aliphatic carbocycles. The summed E-state index contributed by atoms with van der Waals surface area (Å²) in [5, 5.41) is 152. The molecule has 22 nitrogen and oxygen atoms in total. The molecule has 0 aliphatic heterocycles. The van der Waals surface area contributed by atoms with Crippen LogP contribution in [0.25, 0.3) is 0 Å². The van der Waals surface area contributed by atoms with Crippen molar-refractivity contribution in [3.05, 3.63) is 12.3 Å². The third-order valence-electron chi connectivity index (χ3n) is 0.474. The second-order valence-corrected chi connectivity index (χ2v) is 7.10. The molecule has 0 atom stereocenters. The van der Waals surface area contributed by atoms with Gasteiger partial charge in [0.15, 0.2) is 0 Å². The van der Waals surface area contributed by atoms with Crippen molar-refractivity contribution in [2.45, 2.75) is 138 Å². The molecule has 0 fully saturated rings. The normalized spacial score (nSPS) is 6.45. The van der Waals surface area contributed by atoms with Gasteiger partial charge in [0.05, 0.1) is 18.9 Å². The highest BCUT2D eigenvalue weighted by atomic mass is 16.5. The van der Waals surface area contributed by atoms with Gasteiger partial charge in [-0.15, -0.1) is 0 Å². The lowest BCUT2D eigenvalue weighted by atomic mass is 10.6. The quantitative estimate of drug-likeness (QED) is 0.136. The number of ether oxygens (including phenoxy) is 1. The summed E-state index contributed by atoms with van der Waals surface area (Å²) in [4.78, 5) is 9.71. The Bertz CT molecular complexity index is 291. The molecule has 0 saturated heterocycles. The average Bonchev–Trinajstić information content (AvgIpc) is 3.18. The van der Waals surface area contributed by atoms with E-state index in [0.29, 0.717) is 6.61 Å². The molecule has 0 aromatic rings. The first-order chi connectivity index (χ1) is 30.6. The minimum Gasteiger partial charge on any atom is -0.501 e. The maximum absolute atomic E-state index is 9.71. The third-order valence-corrected chi connectivity index (χ3v) is 0.474. The van der Waals surface area contributed by atoms with Crippen LogP contribution in [0.3, 0.4) is 0 Å². The van der Waals surface area contributed by atoms with Gasteiger partial charge in [0, 0.05) is 126 Å². The fourth-order valence-corrected chi connectivity index (χ4v) is 0.203. The molecule has 65 heavy (non-hydrogen) atoms. The lowest BCUT2D eigenvalue weighted by molar-refractivity contribution is -0.131. The molecule has 426 valence electrons. The van der Waals surface area contributed by atoms with E-state index in [4.69, 9.17) is 102 Å².